The Labute approximate surface area is 110 Å². The molecule has 0 amide bonds. The molecule has 2 aromatic rings. The lowest BCUT2D eigenvalue weighted by Gasteiger charge is -2.06. The summed E-state index contributed by atoms with van der Waals surface area (Å²) in [5.41, 5.74) is 2.12. The van der Waals surface area contributed by atoms with Gasteiger partial charge in [0.2, 0.25) is 0 Å². The Morgan fingerprint density at radius 2 is 2.16 bits per heavy atom. The molecule has 1 atom stereocenters. The molecule has 1 aliphatic heterocycles. The zero-order chi connectivity index (χ0) is 13.2. The molecule has 0 radical (unpaired) electrons. The van der Waals surface area contributed by atoms with Gasteiger partial charge in [-0.25, -0.2) is 0 Å². The molecule has 94 valence electrons. The number of hydrogen-bond acceptors (Lipinski definition) is 4. The number of nitriles is 1. The maximum atomic E-state index is 9.40. The topological polar surface area (TPSA) is 65.6 Å². The number of fused-ring (bicyclic) bond motifs is 1. The van der Waals surface area contributed by atoms with Gasteiger partial charge in [-0.2, -0.15) is 5.26 Å². The average molecular weight is 252 g/mol. The number of oxime groups is 1. The van der Waals surface area contributed by atoms with E-state index >= 15 is 0 Å². The number of hydrogen-bond donors (Lipinski definition) is 1. The molecule has 1 heterocycles. The van der Waals surface area contributed by atoms with Gasteiger partial charge in [0.15, 0.2) is 6.10 Å². The van der Waals surface area contributed by atoms with Crippen LogP contribution in [0.4, 0.5) is 0 Å². The number of rotatable bonds is 2. The zero-order valence-electron chi connectivity index (χ0n) is 10.2. The SMILES string of the molecule is N#Cc1c(C2=NOC(CO)C2)ccc2ccccc12. The van der Waals surface area contributed by atoms with Gasteiger partial charge in [-0.05, 0) is 5.39 Å². The van der Waals surface area contributed by atoms with Gasteiger partial charge >= 0.3 is 0 Å². The first-order valence-electron chi connectivity index (χ1n) is 6.09. The summed E-state index contributed by atoms with van der Waals surface area (Å²) in [4.78, 5) is 5.11. The normalized spacial score (nSPS) is 17.9. The van der Waals surface area contributed by atoms with Crippen LogP contribution in [0.15, 0.2) is 41.6 Å². The minimum atomic E-state index is -0.298. The molecule has 3 rings (SSSR count). The Morgan fingerprint density at radius 1 is 1.32 bits per heavy atom. The molecular formula is C15H12N2O2. The van der Waals surface area contributed by atoms with Gasteiger partial charge in [0.1, 0.15) is 6.07 Å². The van der Waals surface area contributed by atoms with E-state index in [9.17, 15) is 5.26 Å². The quantitative estimate of drug-likeness (QED) is 0.891. The van der Waals surface area contributed by atoms with Crippen molar-refractivity contribution >= 4 is 16.5 Å². The summed E-state index contributed by atoms with van der Waals surface area (Å²) in [6.07, 6.45) is 0.233. The Balaban J connectivity index is 2.13. The molecule has 4 heteroatoms. The summed E-state index contributed by atoms with van der Waals surface area (Å²) in [7, 11) is 0. The molecule has 0 saturated carbocycles. The van der Waals surface area contributed by atoms with Gasteiger partial charge in [-0.3, -0.25) is 0 Å². The van der Waals surface area contributed by atoms with E-state index in [1.165, 1.54) is 0 Å². The van der Waals surface area contributed by atoms with E-state index in [1.54, 1.807) is 0 Å². The Kier molecular flexibility index (Phi) is 2.90. The average Bonchev–Trinajstić information content (AvgIpc) is 2.94. The zero-order valence-corrected chi connectivity index (χ0v) is 10.2. The van der Waals surface area contributed by atoms with Crippen molar-refractivity contribution in [3.8, 4) is 6.07 Å². The van der Waals surface area contributed by atoms with Gasteiger partial charge in [0.05, 0.1) is 17.9 Å². The van der Waals surface area contributed by atoms with Crippen molar-refractivity contribution in [1.82, 2.24) is 0 Å². The summed E-state index contributed by atoms with van der Waals surface area (Å²) in [6, 6.07) is 13.9. The molecule has 2 aromatic carbocycles. The van der Waals surface area contributed by atoms with Crippen LogP contribution in [0.5, 0.6) is 0 Å². The van der Waals surface area contributed by atoms with Gasteiger partial charge in [-0.15, -0.1) is 0 Å². The van der Waals surface area contributed by atoms with Crippen molar-refractivity contribution in [1.29, 1.82) is 5.26 Å². The highest BCUT2D eigenvalue weighted by Gasteiger charge is 2.23. The molecule has 1 N–H and O–H groups in total. The first-order chi connectivity index (χ1) is 9.33. The standard InChI is InChI=1S/C15H12N2O2/c16-8-14-12-4-2-1-3-10(12)5-6-13(14)15-7-11(9-18)19-17-15/h1-6,11,18H,7,9H2. The highest BCUT2D eigenvalue weighted by Crippen LogP contribution is 2.25. The van der Waals surface area contributed by atoms with E-state index in [1.807, 2.05) is 36.4 Å². The molecule has 0 aromatic heterocycles. The van der Waals surface area contributed by atoms with Crippen molar-refractivity contribution in [3.63, 3.8) is 0 Å². The van der Waals surface area contributed by atoms with Gasteiger partial charge in [0, 0.05) is 17.4 Å². The molecule has 4 nitrogen and oxygen atoms in total. The number of nitrogens with zero attached hydrogens (tertiary/aromatic N) is 2. The number of aliphatic hydroxyl groups is 1. The van der Waals surface area contributed by atoms with Crippen LogP contribution in [0.25, 0.3) is 10.8 Å². The first-order valence-corrected chi connectivity index (χ1v) is 6.09. The predicted molar refractivity (Wildman–Crippen MR) is 71.8 cm³/mol. The van der Waals surface area contributed by atoms with Crippen molar-refractivity contribution in [2.45, 2.75) is 12.5 Å². The van der Waals surface area contributed by atoms with Crippen molar-refractivity contribution in [2.75, 3.05) is 6.61 Å². The molecule has 1 aliphatic rings. The summed E-state index contributed by atoms with van der Waals surface area (Å²) < 4.78 is 0. The third-order valence-electron chi connectivity index (χ3n) is 3.29. The van der Waals surface area contributed by atoms with Crippen LogP contribution in [0.3, 0.4) is 0 Å². The first kappa shape index (κ1) is 11.7. The maximum Gasteiger partial charge on any atom is 0.156 e. The minimum Gasteiger partial charge on any atom is -0.392 e. The Morgan fingerprint density at radius 3 is 2.89 bits per heavy atom. The lowest BCUT2D eigenvalue weighted by atomic mass is 9.95. The molecule has 1 unspecified atom stereocenters. The molecule has 0 fully saturated rings. The molecule has 19 heavy (non-hydrogen) atoms. The summed E-state index contributed by atoms with van der Waals surface area (Å²) in [5.74, 6) is 0. The van der Waals surface area contributed by atoms with E-state index in [2.05, 4.69) is 11.2 Å². The predicted octanol–water partition coefficient (Wildman–Crippen LogP) is 2.20. The van der Waals surface area contributed by atoms with Crippen LogP contribution in [-0.2, 0) is 4.84 Å². The van der Waals surface area contributed by atoms with Crippen LogP contribution in [-0.4, -0.2) is 23.5 Å². The fourth-order valence-electron chi connectivity index (χ4n) is 2.32. The van der Waals surface area contributed by atoms with Crippen LogP contribution < -0.4 is 0 Å². The van der Waals surface area contributed by atoms with Crippen molar-refractivity contribution in [3.05, 3.63) is 47.5 Å². The fraction of sp³-hybridized carbons (Fsp3) is 0.200. The number of aliphatic hydroxyl groups excluding tert-OH is 1. The van der Waals surface area contributed by atoms with E-state index in [0.29, 0.717) is 12.0 Å². The smallest absolute Gasteiger partial charge is 0.156 e. The van der Waals surface area contributed by atoms with Crippen LogP contribution in [0.1, 0.15) is 17.5 Å². The monoisotopic (exact) mass is 252 g/mol. The Bertz CT molecular complexity index is 701. The highest BCUT2D eigenvalue weighted by molar-refractivity contribution is 6.07. The van der Waals surface area contributed by atoms with E-state index < -0.39 is 0 Å². The molecule has 0 saturated heterocycles. The lowest BCUT2D eigenvalue weighted by molar-refractivity contribution is 0.0390. The Hall–Kier alpha value is -2.38. The summed E-state index contributed by atoms with van der Waals surface area (Å²) in [6.45, 7) is -0.0670. The largest absolute Gasteiger partial charge is 0.392 e. The van der Waals surface area contributed by atoms with Crippen LogP contribution >= 0.6 is 0 Å². The maximum absolute atomic E-state index is 9.40. The molecule has 0 spiro atoms. The molecule has 0 aliphatic carbocycles. The minimum absolute atomic E-state index is 0.0670. The second kappa shape index (κ2) is 4.71. The molecule has 0 bridgehead atoms. The fourth-order valence-corrected chi connectivity index (χ4v) is 2.32. The third-order valence-corrected chi connectivity index (χ3v) is 3.29. The van der Waals surface area contributed by atoms with Crippen molar-refractivity contribution < 1.29 is 9.94 Å². The van der Waals surface area contributed by atoms with Crippen LogP contribution in [0.2, 0.25) is 0 Å². The second-order valence-corrected chi connectivity index (χ2v) is 4.47. The second-order valence-electron chi connectivity index (χ2n) is 4.47. The lowest BCUT2D eigenvalue weighted by Crippen LogP contribution is -2.13. The van der Waals surface area contributed by atoms with Gasteiger partial charge in [0.25, 0.3) is 0 Å². The van der Waals surface area contributed by atoms with Gasteiger partial charge in [-0.1, -0.05) is 41.6 Å². The van der Waals surface area contributed by atoms with Gasteiger partial charge < -0.3 is 9.94 Å². The number of benzene rings is 2. The summed E-state index contributed by atoms with van der Waals surface area (Å²) in [5, 5.41) is 24.4. The van der Waals surface area contributed by atoms with Crippen molar-refractivity contribution in [2.24, 2.45) is 5.16 Å². The summed E-state index contributed by atoms with van der Waals surface area (Å²) >= 11 is 0. The van der Waals surface area contributed by atoms with Crippen LogP contribution in [0, 0.1) is 11.3 Å². The third kappa shape index (κ3) is 1.94. The van der Waals surface area contributed by atoms with E-state index in [4.69, 9.17) is 9.94 Å². The van der Waals surface area contributed by atoms with E-state index in [0.717, 1.165) is 22.0 Å². The molecular weight excluding hydrogens is 240 g/mol. The highest BCUT2D eigenvalue weighted by atomic mass is 16.6. The van der Waals surface area contributed by atoms with E-state index in [-0.39, 0.29) is 12.7 Å².